The number of ether oxygens (including phenoxy) is 1. The predicted molar refractivity (Wildman–Crippen MR) is 114 cm³/mol. The van der Waals surface area contributed by atoms with Crippen molar-refractivity contribution in [2.75, 3.05) is 18.5 Å². The molecule has 3 aromatic rings. The number of amides is 2. The number of anilines is 1. The summed E-state index contributed by atoms with van der Waals surface area (Å²) in [5.41, 5.74) is 1.21. The molecule has 0 heterocycles. The van der Waals surface area contributed by atoms with E-state index in [4.69, 9.17) is 16.3 Å². The third-order valence-corrected chi connectivity index (χ3v) is 4.82. The molecule has 0 saturated carbocycles. The van der Waals surface area contributed by atoms with Gasteiger partial charge in [-0.3, -0.25) is 9.59 Å². The Morgan fingerprint density at radius 2 is 1.70 bits per heavy atom. The van der Waals surface area contributed by atoms with E-state index in [-0.39, 0.29) is 17.9 Å². The number of carbonyl (C=O) groups is 3. The maximum absolute atomic E-state index is 12.2. The van der Waals surface area contributed by atoms with Crippen LogP contribution in [0.15, 0.2) is 54.6 Å². The van der Waals surface area contributed by atoms with Crippen molar-refractivity contribution in [1.29, 1.82) is 0 Å². The molecule has 3 aromatic carbocycles. The van der Waals surface area contributed by atoms with E-state index in [9.17, 15) is 19.5 Å². The number of benzene rings is 3. The van der Waals surface area contributed by atoms with Gasteiger partial charge in [0.25, 0.3) is 5.91 Å². The highest BCUT2D eigenvalue weighted by Gasteiger charge is 2.16. The minimum Gasteiger partial charge on any atom is -0.507 e. The Morgan fingerprint density at radius 1 is 1.00 bits per heavy atom. The minimum atomic E-state index is -0.840. The summed E-state index contributed by atoms with van der Waals surface area (Å²) in [7, 11) is 0. The molecule has 0 aliphatic heterocycles. The van der Waals surface area contributed by atoms with Crippen molar-refractivity contribution < 1.29 is 24.2 Å². The fourth-order valence-corrected chi connectivity index (χ4v) is 2.94. The van der Waals surface area contributed by atoms with Gasteiger partial charge in [0.15, 0.2) is 6.61 Å². The molecule has 154 valence electrons. The molecule has 7 nitrogen and oxygen atoms in total. The predicted octanol–water partition coefficient (Wildman–Crippen LogP) is 3.42. The maximum atomic E-state index is 12.2. The molecule has 30 heavy (non-hydrogen) atoms. The van der Waals surface area contributed by atoms with Crippen LogP contribution in [0.25, 0.3) is 10.8 Å². The lowest BCUT2D eigenvalue weighted by Gasteiger charge is -2.11. The van der Waals surface area contributed by atoms with Crippen LogP contribution in [0.5, 0.6) is 5.75 Å². The van der Waals surface area contributed by atoms with Gasteiger partial charge in [-0.15, -0.1) is 0 Å². The summed E-state index contributed by atoms with van der Waals surface area (Å²) in [6.45, 7) is 0.871. The van der Waals surface area contributed by atoms with E-state index in [0.29, 0.717) is 16.3 Å². The number of phenolic OH excluding ortho intramolecular Hbond substituents is 1. The minimum absolute atomic E-state index is 0.0457. The van der Waals surface area contributed by atoms with Gasteiger partial charge in [-0.2, -0.15) is 0 Å². The van der Waals surface area contributed by atoms with Gasteiger partial charge in [-0.25, -0.2) is 4.79 Å². The van der Waals surface area contributed by atoms with Gasteiger partial charge in [0, 0.05) is 10.7 Å². The fourth-order valence-electron chi connectivity index (χ4n) is 2.77. The molecule has 3 N–H and O–H groups in total. The Balaban J connectivity index is 1.51. The molecule has 3 rings (SSSR count). The van der Waals surface area contributed by atoms with Gasteiger partial charge in [-0.1, -0.05) is 41.9 Å². The summed E-state index contributed by atoms with van der Waals surface area (Å²) in [6.07, 6.45) is 0. The van der Waals surface area contributed by atoms with Crippen molar-refractivity contribution >= 4 is 45.8 Å². The normalized spacial score (nSPS) is 10.5. The molecular formula is C22H19ClN2O5. The Labute approximate surface area is 177 Å². The Hall–Kier alpha value is -3.58. The first-order valence-corrected chi connectivity index (χ1v) is 9.43. The number of nitrogens with one attached hydrogen (secondary N) is 2. The van der Waals surface area contributed by atoms with Crippen LogP contribution >= 0.6 is 11.6 Å². The first kappa shape index (κ1) is 21.1. The molecule has 0 saturated heterocycles. The van der Waals surface area contributed by atoms with Crippen molar-refractivity contribution in [3.8, 4) is 5.75 Å². The summed E-state index contributed by atoms with van der Waals surface area (Å²) in [6, 6.07) is 15.2. The molecule has 0 unspecified atom stereocenters. The zero-order valence-corrected chi connectivity index (χ0v) is 16.8. The summed E-state index contributed by atoms with van der Waals surface area (Å²) in [4.78, 5) is 36.1. The molecule has 0 aliphatic rings. The molecular weight excluding hydrogens is 408 g/mol. The Bertz CT molecular complexity index is 1130. The Morgan fingerprint density at radius 3 is 2.43 bits per heavy atom. The average Bonchev–Trinajstić information content (AvgIpc) is 2.73. The first-order valence-electron chi connectivity index (χ1n) is 9.05. The molecule has 0 aromatic heterocycles. The van der Waals surface area contributed by atoms with E-state index in [1.807, 2.05) is 6.07 Å². The van der Waals surface area contributed by atoms with Crippen molar-refractivity contribution in [3.63, 3.8) is 0 Å². The smallest absolute Gasteiger partial charge is 0.342 e. The number of halogens is 1. The molecule has 0 radical (unpaired) electrons. The number of phenols is 1. The summed E-state index contributed by atoms with van der Waals surface area (Å²) < 4.78 is 4.94. The molecule has 2 amide bonds. The SMILES string of the molecule is Cc1c(Cl)cccc1NC(=O)CNC(=O)COC(=O)c1cc2ccccc2cc1O. The van der Waals surface area contributed by atoms with Crippen LogP contribution in [0.4, 0.5) is 5.69 Å². The number of rotatable bonds is 6. The quantitative estimate of drug-likeness (QED) is 0.524. The molecule has 0 fully saturated rings. The van der Waals surface area contributed by atoms with Crippen molar-refractivity contribution in [2.24, 2.45) is 0 Å². The number of aromatic hydroxyl groups is 1. The highest BCUT2D eigenvalue weighted by atomic mass is 35.5. The van der Waals surface area contributed by atoms with Crippen LogP contribution in [-0.2, 0) is 14.3 Å². The second kappa shape index (κ2) is 9.28. The lowest BCUT2D eigenvalue weighted by Crippen LogP contribution is -2.35. The highest BCUT2D eigenvalue weighted by molar-refractivity contribution is 6.31. The van der Waals surface area contributed by atoms with Gasteiger partial charge < -0.3 is 20.5 Å². The summed E-state index contributed by atoms with van der Waals surface area (Å²) in [5.74, 6) is -2.18. The topological polar surface area (TPSA) is 105 Å². The van der Waals surface area contributed by atoms with E-state index in [0.717, 1.165) is 10.8 Å². The van der Waals surface area contributed by atoms with Crippen LogP contribution in [0, 0.1) is 6.92 Å². The highest BCUT2D eigenvalue weighted by Crippen LogP contribution is 2.25. The van der Waals surface area contributed by atoms with Crippen LogP contribution in [-0.4, -0.2) is 36.0 Å². The van der Waals surface area contributed by atoms with Crippen LogP contribution in [0.1, 0.15) is 15.9 Å². The van der Waals surface area contributed by atoms with Crippen molar-refractivity contribution in [1.82, 2.24) is 5.32 Å². The molecule has 0 aliphatic carbocycles. The van der Waals surface area contributed by atoms with Gasteiger partial charge in [0.2, 0.25) is 5.91 Å². The van der Waals surface area contributed by atoms with Gasteiger partial charge >= 0.3 is 5.97 Å². The Kier molecular flexibility index (Phi) is 6.54. The van der Waals surface area contributed by atoms with E-state index in [2.05, 4.69) is 10.6 Å². The lowest BCUT2D eigenvalue weighted by atomic mass is 10.1. The summed E-state index contributed by atoms with van der Waals surface area (Å²) in [5, 5.41) is 17.1. The molecule has 0 spiro atoms. The maximum Gasteiger partial charge on any atom is 0.342 e. The largest absolute Gasteiger partial charge is 0.507 e. The monoisotopic (exact) mass is 426 g/mol. The number of hydrogen-bond donors (Lipinski definition) is 3. The van der Waals surface area contributed by atoms with E-state index in [1.165, 1.54) is 12.1 Å². The number of carbonyl (C=O) groups excluding carboxylic acids is 3. The number of fused-ring (bicyclic) bond motifs is 1. The second-order valence-corrected chi connectivity index (χ2v) is 6.94. The van der Waals surface area contributed by atoms with E-state index < -0.39 is 24.4 Å². The van der Waals surface area contributed by atoms with Crippen LogP contribution in [0.2, 0.25) is 5.02 Å². The average molecular weight is 427 g/mol. The van der Waals surface area contributed by atoms with Gasteiger partial charge in [0.1, 0.15) is 11.3 Å². The van der Waals surface area contributed by atoms with Crippen LogP contribution < -0.4 is 10.6 Å². The molecule has 8 heteroatoms. The zero-order valence-electron chi connectivity index (χ0n) is 16.1. The number of esters is 1. The van der Waals surface area contributed by atoms with Crippen molar-refractivity contribution in [3.05, 3.63) is 70.7 Å². The first-order chi connectivity index (χ1) is 14.3. The van der Waals surface area contributed by atoms with Gasteiger partial charge in [-0.05, 0) is 47.5 Å². The standard InChI is InChI=1S/C22H19ClN2O5/c1-13-17(23)7-4-8-18(13)25-20(27)11-24-21(28)12-30-22(29)16-9-14-5-2-3-6-15(14)10-19(16)26/h2-10,26H,11-12H2,1H3,(H,24,28)(H,25,27). The van der Waals surface area contributed by atoms with E-state index >= 15 is 0 Å². The fraction of sp³-hybridized carbons (Fsp3) is 0.136. The van der Waals surface area contributed by atoms with Gasteiger partial charge in [0.05, 0.1) is 6.54 Å². The van der Waals surface area contributed by atoms with Crippen LogP contribution in [0.3, 0.4) is 0 Å². The molecule has 0 atom stereocenters. The zero-order chi connectivity index (χ0) is 21.7. The second-order valence-electron chi connectivity index (χ2n) is 6.53. The lowest BCUT2D eigenvalue weighted by molar-refractivity contribution is -0.126. The van der Waals surface area contributed by atoms with Crippen molar-refractivity contribution in [2.45, 2.75) is 6.92 Å². The molecule has 0 bridgehead atoms. The van der Waals surface area contributed by atoms with E-state index in [1.54, 1.807) is 43.3 Å². The number of hydrogen-bond acceptors (Lipinski definition) is 5. The third kappa shape index (κ3) is 5.07. The third-order valence-electron chi connectivity index (χ3n) is 4.41. The summed E-state index contributed by atoms with van der Waals surface area (Å²) >= 11 is 6.00.